The monoisotopic (exact) mass is 806 g/mol. The van der Waals surface area contributed by atoms with Gasteiger partial charge in [0.1, 0.15) is 17.7 Å². The summed E-state index contributed by atoms with van der Waals surface area (Å²) in [6, 6.07) is 6.08. The van der Waals surface area contributed by atoms with Gasteiger partial charge in [0.25, 0.3) is 0 Å². The van der Waals surface area contributed by atoms with Gasteiger partial charge in [-0.25, -0.2) is 4.98 Å². The molecule has 2 heterocycles. The molecule has 314 valence electrons. The van der Waals surface area contributed by atoms with E-state index in [4.69, 9.17) is 28.4 Å². The van der Waals surface area contributed by atoms with E-state index < -0.39 is 35.1 Å². The number of aromatic nitrogens is 1. The molecule has 3 unspecified atom stereocenters. The van der Waals surface area contributed by atoms with E-state index in [9.17, 15) is 24.3 Å². The van der Waals surface area contributed by atoms with E-state index in [0.29, 0.717) is 46.2 Å². The molecule has 0 bridgehead atoms. The molecule has 1 aliphatic rings. The number of esters is 1. The SMILES string of the molecule is Cc1ncsc1-c1ccc(CNC(=O)C2CC(O)CN2C(=O)C(NC(=O)CCOCCOCCOCCOCCOCCC(=O)OC(C)(C)C)C(C)(C)C)cc1. The quantitative estimate of drug-likeness (QED) is 0.104. The smallest absolute Gasteiger partial charge is 0.308 e. The van der Waals surface area contributed by atoms with Gasteiger partial charge in [0.15, 0.2) is 0 Å². The van der Waals surface area contributed by atoms with Crippen molar-refractivity contribution >= 4 is 35.0 Å². The molecule has 3 N–H and O–H groups in total. The number of likely N-dealkylation sites (tertiary alicyclic amines) is 1. The van der Waals surface area contributed by atoms with Gasteiger partial charge in [0.05, 0.1) is 94.7 Å². The maximum absolute atomic E-state index is 13.8. The molecule has 16 heteroatoms. The zero-order valence-electron chi connectivity index (χ0n) is 34.1. The standard InChI is InChI=1S/C40H62N4O11S/c1-28-35(56-27-42-28)30-10-8-29(9-11-30)25-41-37(48)32-24-31(45)26-44(32)38(49)36(39(2,3)4)43-33(46)12-14-50-16-18-52-20-22-54-23-21-53-19-17-51-15-13-34(47)55-40(5,6)7/h8-11,27,31-32,36,45H,12-26H2,1-7H3,(H,41,48)(H,43,46). The van der Waals surface area contributed by atoms with Gasteiger partial charge in [-0.15, -0.1) is 11.3 Å². The van der Waals surface area contributed by atoms with Crippen LogP contribution in [-0.2, 0) is 54.1 Å². The van der Waals surface area contributed by atoms with E-state index in [0.717, 1.165) is 21.7 Å². The third-order valence-corrected chi connectivity index (χ3v) is 9.52. The zero-order chi connectivity index (χ0) is 41.1. The molecular formula is C40H62N4O11S. The lowest BCUT2D eigenvalue weighted by atomic mass is 9.85. The van der Waals surface area contributed by atoms with Gasteiger partial charge in [-0.05, 0) is 44.2 Å². The summed E-state index contributed by atoms with van der Waals surface area (Å²) < 4.78 is 32.6. The molecule has 1 fully saturated rings. The fourth-order valence-electron chi connectivity index (χ4n) is 5.71. The number of thiazole rings is 1. The first-order valence-corrected chi connectivity index (χ1v) is 20.1. The predicted octanol–water partition coefficient (Wildman–Crippen LogP) is 3.43. The highest BCUT2D eigenvalue weighted by Crippen LogP contribution is 2.28. The fourth-order valence-corrected chi connectivity index (χ4v) is 6.52. The van der Waals surface area contributed by atoms with Crippen LogP contribution in [-0.4, -0.2) is 135 Å². The molecule has 1 aromatic heterocycles. The lowest BCUT2D eigenvalue weighted by Crippen LogP contribution is -2.57. The summed E-state index contributed by atoms with van der Waals surface area (Å²) in [6.07, 6.45) is -0.514. The van der Waals surface area contributed by atoms with Crippen molar-refractivity contribution in [2.45, 2.75) is 98.1 Å². The lowest BCUT2D eigenvalue weighted by molar-refractivity contribution is -0.156. The van der Waals surface area contributed by atoms with Crippen LogP contribution in [0.4, 0.5) is 0 Å². The van der Waals surface area contributed by atoms with Crippen LogP contribution in [0, 0.1) is 12.3 Å². The largest absolute Gasteiger partial charge is 0.460 e. The van der Waals surface area contributed by atoms with Crippen molar-refractivity contribution in [1.29, 1.82) is 0 Å². The predicted molar refractivity (Wildman–Crippen MR) is 211 cm³/mol. The summed E-state index contributed by atoms with van der Waals surface area (Å²) >= 11 is 1.57. The number of aliphatic hydroxyl groups excluding tert-OH is 1. The molecule has 0 radical (unpaired) electrons. The molecule has 0 saturated carbocycles. The van der Waals surface area contributed by atoms with Crippen LogP contribution in [0.1, 0.15) is 72.1 Å². The van der Waals surface area contributed by atoms with E-state index in [1.807, 2.05) is 78.2 Å². The van der Waals surface area contributed by atoms with E-state index in [1.54, 1.807) is 11.3 Å². The Balaban J connectivity index is 1.27. The Morgan fingerprint density at radius 2 is 1.38 bits per heavy atom. The van der Waals surface area contributed by atoms with Gasteiger partial charge in [0.2, 0.25) is 17.7 Å². The Kier molecular flexibility index (Phi) is 19.8. The number of aryl methyl sites for hydroxylation is 1. The fraction of sp³-hybridized carbons (Fsp3) is 0.675. The number of aliphatic hydroxyl groups is 1. The molecule has 1 aliphatic heterocycles. The van der Waals surface area contributed by atoms with Crippen LogP contribution in [0.25, 0.3) is 10.4 Å². The second kappa shape index (κ2) is 23.7. The first-order valence-electron chi connectivity index (χ1n) is 19.2. The van der Waals surface area contributed by atoms with E-state index in [-0.39, 0.29) is 70.0 Å². The number of ether oxygens (including phenoxy) is 6. The molecule has 3 atom stereocenters. The number of nitrogens with one attached hydrogen (secondary N) is 2. The van der Waals surface area contributed by atoms with Crippen molar-refractivity contribution in [2.24, 2.45) is 5.41 Å². The summed E-state index contributed by atoms with van der Waals surface area (Å²) in [5.41, 5.74) is 3.56. The number of benzene rings is 1. The van der Waals surface area contributed by atoms with Crippen LogP contribution >= 0.6 is 11.3 Å². The second-order valence-corrected chi connectivity index (χ2v) is 16.4. The van der Waals surface area contributed by atoms with Crippen molar-refractivity contribution in [3.8, 4) is 10.4 Å². The van der Waals surface area contributed by atoms with Crippen molar-refractivity contribution in [1.82, 2.24) is 20.5 Å². The maximum Gasteiger partial charge on any atom is 0.308 e. The Morgan fingerprint density at radius 1 is 0.839 bits per heavy atom. The minimum absolute atomic E-state index is 0.000460. The summed E-state index contributed by atoms with van der Waals surface area (Å²) in [5, 5.41) is 16.2. The number of carbonyl (C=O) groups excluding carboxylic acids is 4. The first-order chi connectivity index (χ1) is 26.5. The summed E-state index contributed by atoms with van der Waals surface area (Å²) in [4.78, 5) is 58.5. The number of amides is 3. The van der Waals surface area contributed by atoms with E-state index in [2.05, 4.69) is 15.6 Å². The van der Waals surface area contributed by atoms with Crippen molar-refractivity contribution in [3.63, 3.8) is 0 Å². The number of nitrogens with zero attached hydrogens (tertiary/aromatic N) is 2. The van der Waals surface area contributed by atoms with Crippen molar-refractivity contribution in [3.05, 3.63) is 41.0 Å². The van der Waals surface area contributed by atoms with Crippen LogP contribution < -0.4 is 10.6 Å². The summed E-state index contributed by atoms with van der Waals surface area (Å²) in [5.74, 6) is -1.43. The highest BCUT2D eigenvalue weighted by Gasteiger charge is 2.44. The number of hydrogen-bond acceptors (Lipinski definition) is 13. The van der Waals surface area contributed by atoms with Crippen LogP contribution in [0.15, 0.2) is 29.8 Å². The van der Waals surface area contributed by atoms with Crippen LogP contribution in [0.5, 0.6) is 0 Å². The third kappa shape index (κ3) is 17.3. The van der Waals surface area contributed by atoms with E-state index in [1.165, 1.54) is 4.90 Å². The molecule has 15 nitrogen and oxygen atoms in total. The minimum atomic E-state index is -0.920. The summed E-state index contributed by atoms with van der Waals surface area (Å²) in [7, 11) is 0. The molecular weight excluding hydrogens is 745 g/mol. The minimum Gasteiger partial charge on any atom is -0.460 e. The van der Waals surface area contributed by atoms with Gasteiger partial charge in [-0.2, -0.15) is 0 Å². The molecule has 3 rings (SSSR count). The first kappa shape index (κ1) is 46.9. The van der Waals surface area contributed by atoms with Gasteiger partial charge in [-0.1, -0.05) is 45.0 Å². The molecule has 1 saturated heterocycles. The van der Waals surface area contributed by atoms with Crippen molar-refractivity contribution < 1.29 is 52.7 Å². The normalized spacial score (nSPS) is 16.5. The summed E-state index contributed by atoms with van der Waals surface area (Å²) in [6.45, 7) is 16.6. The zero-order valence-corrected chi connectivity index (χ0v) is 34.9. The molecule has 2 aromatic rings. The number of hydrogen-bond donors (Lipinski definition) is 3. The highest BCUT2D eigenvalue weighted by atomic mass is 32.1. The molecule has 56 heavy (non-hydrogen) atoms. The molecule has 0 aliphatic carbocycles. The Bertz CT molecular complexity index is 1510. The maximum atomic E-state index is 13.8. The van der Waals surface area contributed by atoms with Crippen LogP contribution in [0.3, 0.4) is 0 Å². The third-order valence-electron chi connectivity index (χ3n) is 8.54. The molecule has 0 spiro atoms. The average molecular weight is 807 g/mol. The van der Waals surface area contributed by atoms with Gasteiger partial charge in [0, 0.05) is 25.9 Å². The average Bonchev–Trinajstić information content (AvgIpc) is 3.74. The Morgan fingerprint density at radius 3 is 1.88 bits per heavy atom. The van der Waals surface area contributed by atoms with E-state index >= 15 is 0 Å². The van der Waals surface area contributed by atoms with Crippen LogP contribution in [0.2, 0.25) is 0 Å². The lowest BCUT2D eigenvalue weighted by Gasteiger charge is -2.35. The Labute approximate surface area is 335 Å². The number of β-amino-alcohol motifs (C(OH)–C–C–N with tert-alkyl or cyclic N) is 1. The van der Waals surface area contributed by atoms with Gasteiger partial charge >= 0.3 is 5.97 Å². The highest BCUT2D eigenvalue weighted by molar-refractivity contribution is 7.13. The van der Waals surface area contributed by atoms with Gasteiger partial charge in [-0.3, -0.25) is 19.2 Å². The number of carbonyl (C=O) groups is 4. The Hall–Kier alpha value is -3.51. The molecule has 3 amide bonds. The number of rotatable bonds is 24. The van der Waals surface area contributed by atoms with Crippen molar-refractivity contribution in [2.75, 3.05) is 72.6 Å². The van der Waals surface area contributed by atoms with Gasteiger partial charge < -0.3 is 49.1 Å². The second-order valence-electron chi connectivity index (χ2n) is 15.6. The topological polar surface area (TPSA) is 184 Å². The molecule has 1 aromatic carbocycles.